The van der Waals surface area contributed by atoms with Gasteiger partial charge in [0.1, 0.15) is 5.54 Å². The summed E-state index contributed by atoms with van der Waals surface area (Å²) in [7, 11) is -1.83. The highest BCUT2D eigenvalue weighted by atomic mass is 32.2. The molecule has 0 bridgehead atoms. The van der Waals surface area contributed by atoms with Crippen LogP contribution < -0.4 is 5.73 Å². The fourth-order valence-corrected chi connectivity index (χ4v) is 3.71. The number of hydrogen-bond donors (Lipinski definition) is 1. The van der Waals surface area contributed by atoms with E-state index in [1.54, 1.807) is 32.7 Å². The molecule has 0 aliphatic carbocycles. The molecule has 1 heterocycles. The van der Waals surface area contributed by atoms with Crippen LogP contribution in [0.2, 0.25) is 0 Å². The Morgan fingerprint density at radius 3 is 2.41 bits per heavy atom. The molecule has 2 N–H and O–H groups in total. The molecule has 0 aromatic heterocycles. The predicted octanol–water partition coefficient (Wildman–Crippen LogP) is -0.784. The molecule has 6 nitrogen and oxygen atoms in total. The van der Waals surface area contributed by atoms with Crippen LogP contribution in [0.25, 0.3) is 0 Å². The van der Waals surface area contributed by atoms with Crippen LogP contribution in [0.4, 0.5) is 0 Å². The number of sulfonamides is 1. The zero-order valence-corrected chi connectivity index (χ0v) is 11.6. The molecular weight excluding hydrogens is 242 g/mol. The van der Waals surface area contributed by atoms with E-state index in [0.29, 0.717) is 13.1 Å². The first-order chi connectivity index (χ1) is 7.65. The summed E-state index contributed by atoms with van der Waals surface area (Å²) < 4.78 is 25.8. The third-order valence-corrected chi connectivity index (χ3v) is 5.74. The monoisotopic (exact) mass is 263 g/mol. The van der Waals surface area contributed by atoms with Crippen molar-refractivity contribution in [1.29, 1.82) is 0 Å². The Hall–Kier alpha value is -0.660. The molecule has 7 heteroatoms. The highest BCUT2D eigenvalue weighted by Crippen LogP contribution is 2.26. The van der Waals surface area contributed by atoms with E-state index >= 15 is 0 Å². The average Bonchev–Trinajstić information content (AvgIpc) is 2.24. The first-order valence-corrected chi connectivity index (χ1v) is 7.13. The number of nitrogens with zero attached hydrogens (tertiary/aromatic N) is 2. The fraction of sp³-hybridized carbons (Fsp3) is 0.900. The molecule has 100 valence electrons. The van der Waals surface area contributed by atoms with Crippen molar-refractivity contribution in [2.24, 2.45) is 5.73 Å². The number of carbonyl (C=O) groups is 1. The third-order valence-electron chi connectivity index (χ3n) is 3.28. The largest absolute Gasteiger partial charge is 0.343 e. The summed E-state index contributed by atoms with van der Waals surface area (Å²) in [5, 5.41) is -0.669. The molecule has 1 aliphatic rings. The van der Waals surface area contributed by atoms with Gasteiger partial charge in [0.25, 0.3) is 0 Å². The van der Waals surface area contributed by atoms with Crippen LogP contribution in [0, 0.1) is 0 Å². The van der Waals surface area contributed by atoms with E-state index in [0.717, 1.165) is 0 Å². The van der Waals surface area contributed by atoms with Gasteiger partial charge in [-0.05, 0) is 20.8 Å². The molecule has 0 radical (unpaired) electrons. The van der Waals surface area contributed by atoms with E-state index in [1.807, 2.05) is 0 Å². The molecule has 1 aliphatic heterocycles. The van der Waals surface area contributed by atoms with Crippen LogP contribution in [0.1, 0.15) is 20.8 Å². The lowest BCUT2D eigenvalue weighted by Gasteiger charge is -2.44. The van der Waals surface area contributed by atoms with Crippen LogP contribution in [0.5, 0.6) is 0 Å². The maximum atomic E-state index is 12.3. The molecule has 1 rings (SSSR count). The van der Waals surface area contributed by atoms with Crippen molar-refractivity contribution in [3.63, 3.8) is 0 Å². The quantitative estimate of drug-likeness (QED) is 0.723. The van der Waals surface area contributed by atoms with Crippen LogP contribution in [-0.2, 0) is 14.8 Å². The van der Waals surface area contributed by atoms with Crippen molar-refractivity contribution in [3.05, 3.63) is 0 Å². The lowest BCUT2D eigenvalue weighted by Crippen LogP contribution is -2.64. The van der Waals surface area contributed by atoms with Crippen LogP contribution in [-0.4, -0.2) is 61.0 Å². The van der Waals surface area contributed by atoms with Crippen LogP contribution in [0.15, 0.2) is 0 Å². The Bertz CT molecular complexity index is 405. The smallest absolute Gasteiger partial charge is 0.243 e. The molecule has 0 aromatic rings. The SMILES string of the molecule is CC(CN)S(=O)(=O)N1CCN(C)C(=O)C1(C)C. The van der Waals surface area contributed by atoms with E-state index in [2.05, 4.69) is 0 Å². The Balaban J connectivity index is 3.11. The van der Waals surface area contributed by atoms with Crippen molar-refractivity contribution >= 4 is 15.9 Å². The van der Waals surface area contributed by atoms with E-state index in [-0.39, 0.29) is 12.5 Å². The molecule has 0 aromatic carbocycles. The van der Waals surface area contributed by atoms with Gasteiger partial charge in [-0.15, -0.1) is 0 Å². The minimum Gasteiger partial charge on any atom is -0.343 e. The molecule has 1 unspecified atom stereocenters. The number of piperazine rings is 1. The molecule has 0 spiro atoms. The molecule has 1 fully saturated rings. The summed E-state index contributed by atoms with van der Waals surface area (Å²) in [6.07, 6.45) is 0. The number of hydrogen-bond acceptors (Lipinski definition) is 4. The Kier molecular flexibility index (Phi) is 3.85. The van der Waals surface area contributed by atoms with Crippen molar-refractivity contribution in [1.82, 2.24) is 9.21 Å². The van der Waals surface area contributed by atoms with Gasteiger partial charge in [-0.1, -0.05) is 0 Å². The maximum Gasteiger partial charge on any atom is 0.243 e. The topological polar surface area (TPSA) is 83.7 Å². The van der Waals surface area contributed by atoms with Crippen molar-refractivity contribution in [2.45, 2.75) is 31.6 Å². The average molecular weight is 263 g/mol. The Morgan fingerprint density at radius 1 is 1.41 bits per heavy atom. The summed E-state index contributed by atoms with van der Waals surface area (Å²) in [4.78, 5) is 13.6. The number of nitrogens with two attached hydrogens (primary N) is 1. The lowest BCUT2D eigenvalue weighted by atomic mass is 10.0. The van der Waals surface area contributed by atoms with E-state index < -0.39 is 20.8 Å². The molecule has 17 heavy (non-hydrogen) atoms. The first-order valence-electron chi connectivity index (χ1n) is 5.63. The van der Waals surface area contributed by atoms with E-state index in [9.17, 15) is 13.2 Å². The summed E-state index contributed by atoms with van der Waals surface area (Å²) in [6.45, 7) is 5.62. The summed E-state index contributed by atoms with van der Waals surface area (Å²) >= 11 is 0. The number of amides is 1. The van der Waals surface area contributed by atoms with Gasteiger partial charge in [0.15, 0.2) is 0 Å². The molecule has 1 atom stereocenters. The zero-order chi connectivity index (χ0) is 13.4. The molecular formula is C10H21N3O3S. The first kappa shape index (κ1) is 14.4. The van der Waals surface area contributed by atoms with Crippen LogP contribution in [0.3, 0.4) is 0 Å². The second-order valence-electron chi connectivity index (χ2n) is 4.95. The normalized spacial score (nSPS) is 23.8. The van der Waals surface area contributed by atoms with Gasteiger partial charge in [0.2, 0.25) is 15.9 Å². The standard InChI is InChI=1S/C10H21N3O3S/c1-8(7-11)17(15,16)13-6-5-12(4)9(14)10(13,2)3/h8H,5-7,11H2,1-4H3. The maximum absolute atomic E-state index is 12.3. The number of rotatable bonds is 3. The second kappa shape index (κ2) is 4.55. The second-order valence-corrected chi connectivity index (χ2v) is 7.22. The lowest BCUT2D eigenvalue weighted by molar-refractivity contribution is -0.142. The van der Waals surface area contributed by atoms with Crippen molar-refractivity contribution in [2.75, 3.05) is 26.7 Å². The van der Waals surface area contributed by atoms with Gasteiger partial charge < -0.3 is 10.6 Å². The van der Waals surface area contributed by atoms with E-state index in [4.69, 9.17) is 5.73 Å². The minimum absolute atomic E-state index is 0.0545. The minimum atomic E-state index is -3.52. The van der Waals surface area contributed by atoms with Crippen LogP contribution >= 0.6 is 0 Å². The number of likely N-dealkylation sites (N-methyl/N-ethyl adjacent to an activating group) is 1. The molecule has 1 amide bonds. The van der Waals surface area contributed by atoms with Gasteiger partial charge in [0.05, 0.1) is 5.25 Å². The predicted molar refractivity (Wildman–Crippen MR) is 65.9 cm³/mol. The highest BCUT2D eigenvalue weighted by molar-refractivity contribution is 7.89. The summed E-state index contributed by atoms with van der Waals surface area (Å²) in [6, 6.07) is 0. The molecule has 1 saturated heterocycles. The molecule has 0 saturated carbocycles. The van der Waals surface area contributed by atoms with Gasteiger partial charge in [-0.3, -0.25) is 4.79 Å². The van der Waals surface area contributed by atoms with Gasteiger partial charge in [-0.2, -0.15) is 4.31 Å². The van der Waals surface area contributed by atoms with Crippen molar-refractivity contribution in [3.8, 4) is 0 Å². The Morgan fingerprint density at radius 2 is 1.94 bits per heavy atom. The van der Waals surface area contributed by atoms with Gasteiger partial charge in [0, 0.05) is 26.7 Å². The fourth-order valence-electron chi connectivity index (χ4n) is 1.98. The van der Waals surface area contributed by atoms with Crippen molar-refractivity contribution < 1.29 is 13.2 Å². The van der Waals surface area contributed by atoms with E-state index in [1.165, 1.54) is 4.31 Å². The zero-order valence-electron chi connectivity index (χ0n) is 10.8. The summed E-state index contributed by atoms with van der Waals surface area (Å²) in [5.74, 6) is -0.184. The summed E-state index contributed by atoms with van der Waals surface area (Å²) in [5.41, 5.74) is 4.38. The third kappa shape index (κ3) is 2.31. The van der Waals surface area contributed by atoms with Gasteiger partial charge in [-0.25, -0.2) is 8.42 Å². The Labute approximate surface area is 103 Å². The highest BCUT2D eigenvalue weighted by Gasteiger charge is 2.47. The van der Waals surface area contributed by atoms with Gasteiger partial charge >= 0.3 is 0 Å². The number of carbonyl (C=O) groups excluding carboxylic acids is 1.